The highest BCUT2D eigenvalue weighted by molar-refractivity contribution is 8.06. The zero-order chi connectivity index (χ0) is 14.9. The summed E-state index contributed by atoms with van der Waals surface area (Å²) in [6.07, 6.45) is -0.417. The lowest BCUT2D eigenvalue weighted by molar-refractivity contribution is -0.110. The second kappa shape index (κ2) is 5.04. The Morgan fingerprint density at radius 1 is 1.35 bits per heavy atom. The van der Waals surface area contributed by atoms with Gasteiger partial charge in [-0.2, -0.15) is 0 Å². The first kappa shape index (κ1) is 14.2. The number of amides is 1. The Morgan fingerprint density at radius 3 is 2.60 bits per heavy atom. The van der Waals surface area contributed by atoms with Crippen LogP contribution in [0, 0.1) is 5.82 Å². The van der Waals surface area contributed by atoms with E-state index in [9.17, 15) is 22.4 Å². The van der Waals surface area contributed by atoms with E-state index < -0.39 is 32.6 Å². The standard InChI is InChI=1S/C12H10FNO5S/c13-10-6-8(14-12(16)17)1-2-9(10)7-3-4-20(18,19)11(15)5-7/h1-3,6,14H,4-5H2,(H,16,17). The van der Waals surface area contributed by atoms with E-state index in [1.165, 1.54) is 18.2 Å². The van der Waals surface area contributed by atoms with Gasteiger partial charge in [0.25, 0.3) is 5.12 Å². The molecule has 6 nitrogen and oxygen atoms in total. The van der Waals surface area contributed by atoms with Crippen molar-refractivity contribution in [3.8, 4) is 0 Å². The van der Waals surface area contributed by atoms with Crippen LogP contribution in [-0.2, 0) is 14.6 Å². The van der Waals surface area contributed by atoms with Crippen LogP contribution in [0.25, 0.3) is 5.57 Å². The van der Waals surface area contributed by atoms with Crippen LogP contribution in [0.15, 0.2) is 24.3 Å². The molecular formula is C12H10FNO5S. The molecular weight excluding hydrogens is 289 g/mol. The molecule has 0 spiro atoms. The SMILES string of the molecule is O=C(O)Nc1ccc(C2=CCS(=O)(=O)C(=O)C2)c(F)c1. The molecule has 20 heavy (non-hydrogen) atoms. The second-order valence-corrected chi connectivity index (χ2v) is 6.20. The molecule has 0 fully saturated rings. The topological polar surface area (TPSA) is 101 Å². The molecule has 106 valence electrons. The molecule has 1 aromatic rings. The van der Waals surface area contributed by atoms with Gasteiger partial charge in [-0.15, -0.1) is 0 Å². The maximum Gasteiger partial charge on any atom is 0.409 e. The van der Waals surface area contributed by atoms with Crippen LogP contribution < -0.4 is 5.32 Å². The summed E-state index contributed by atoms with van der Waals surface area (Å²) >= 11 is 0. The zero-order valence-electron chi connectivity index (χ0n) is 10.1. The van der Waals surface area contributed by atoms with Crippen molar-refractivity contribution < 1.29 is 27.5 Å². The average molecular weight is 299 g/mol. The summed E-state index contributed by atoms with van der Waals surface area (Å²) in [5.41, 5.74) is 0.419. The summed E-state index contributed by atoms with van der Waals surface area (Å²) in [5.74, 6) is -1.18. The van der Waals surface area contributed by atoms with Gasteiger partial charge in [0.2, 0.25) is 9.84 Å². The summed E-state index contributed by atoms with van der Waals surface area (Å²) in [5, 5.41) is 9.56. The molecule has 1 aliphatic rings. The highest BCUT2D eigenvalue weighted by atomic mass is 32.2. The van der Waals surface area contributed by atoms with E-state index in [1.54, 1.807) is 0 Å². The van der Waals surface area contributed by atoms with Gasteiger partial charge in [-0.25, -0.2) is 17.6 Å². The number of halogens is 1. The lowest BCUT2D eigenvalue weighted by atomic mass is 10.0. The minimum absolute atomic E-state index is 0.0501. The molecule has 1 aromatic carbocycles. The molecule has 0 saturated heterocycles. The third-order valence-electron chi connectivity index (χ3n) is 2.80. The molecule has 0 saturated carbocycles. The minimum Gasteiger partial charge on any atom is -0.465 e. The molecule has 0 atom stereocenters. The smallest absolute Gasteiger partial charge is 0.409 e. The lowest BCUT2D eigenvalue weighted by Gasteiger charge is -2.14. The van der Waals surface area contributed by atoms with E-state index in [-0.39, 0.29) is 23.2 Å². The monoisotopic (exact) mass is 299 g/mol. The highest BCUT2D eigenvalue weighted by Crippen LogP contribution is 2.28. The number of carbonyl (C=O) groups excluding carboxylic acids is 1. The van der Waals surface area contributed by atoms with Crippen molar-refractivity contribution in [1.82, 2.24) is 0 Å². The molecule has 0 unspecified atom stereocenters. The molecule has 2 N–H and O–H groups in total. The summed E-state index contributed by atoms with van der Waals surface area (Å²) in [6, 6.07) is 3.61. The highest BCUT2D eigenvalue weighted by Gasteiger charge is 2.28. The molecule has 8 heteroatoms. The molecule has 0 radical (unpaired) electrons. The van der Waals surface area contributed by atoms with Crippen molar-refractivity contribution in [3.63, 3.8) is 0 Å². The number of benzene rings is 1. The number of hydrogen-bond acceptors (Lipinski definition) is 4. The molecule has 0 aromatic heterocycles. The number of carboxylic acid groups (broad SMARTS) is 1. The zero-order valence-corrected chi connectivity index (χ0v) is 10.9. The number of nitrogens with one attached hydrogen (secondary N) is 1. The fraction of sp³-hybridized carbons (Fsp3) is 0.167. The van der Waals surface area contributed by atoms with Gasteiger partial charge in [0.05, 0.1) is 5.75 Å². The summed E-state index contributed by atoms with van der Waals surface area (Å²) < 4.78 is 36.4. The predicted molar refractivity (Wildman–Crippen MR) is 69.4 cm³/mol. The van der Waals surface area contributed by atoms with Crippen molar-refractivity contribution in [2.24, 2.45) is 0 Å². The van der Waals surface area contributed by atoms with Crippen molar-refractivity contribution in [1.29, 1.82) is 0 Å². The van der Waals surface area contributed by atoms with Crippen LogP contribution in [0.3, 0.4) is 0 Å². The van der Waals surface area contributed by atoms with Crippen LogP contribution in [0.1, 0.15) is 12.0 Å². The maximum atomic E-state index is 13.9. The van der Waals surface area contributed by atoms with Gasteiger partial charge < -0.3 is 5.11 Å². The molecule has 1 heterocycles. The summed E-state index contributed by atoms with van der Waals surface area (Å²) in [6.45, 7) is 0. The third-order valence-corrected chi connectivity index (χ3v) is 4.24. The Bertz CT molecular complexity index is 723. The van der Waals surface area contributed by atoms with Crippen LogP contribution in [-0.4, -0.2) is 30.5 Å². The maximum absolute atomic E-state index is 13.9. The van der Waals surface area contributed by atoms with E-state index in [0.717, 1.165) is 6.07 Å². The van der Waals surface area contributed by atoms with Gasteiger partial charge >= 0.3 is 6.09 Å². The first-order valence-electron chi connectivity index (χ1n) is 5.54. The van der Waals surface area contributed by atoms with Crippen molar-refractivity contribution in [2.75, 3.05) is 11.1 Å². The largest absolute Gasteiger partial charge is 0.465 e. The Labute approximate surface area is 113 Å². The van der Waals surface area contributed by atoms with Gasteiger partial charge in [0.15, 0.2) is 0 Å². The van der Waals surface area contributed by atoms with Gasteiger partial charge in [-0.3, -0.25) is 10.1 Å². The molecule has 0 bridgehead atoms. The van der Waals surface area contributed by atoms with Crippen molar-refractivity contribution >= 4 is 32.3 Å². The van der Waals surface area contributed by atoms with E-state index in [4.69, 9.17) is 5.11 Å². The number of sulfone groups is 1. The predicted octanol–water partition coefficient (Wildman–Crippen LogP) is 1.64. The Hall–Kier alpha value is -2.22. The summed E-state index contributed by atoms with van der Waals surface area (Å²) in [4.78, 5) is 21.8. The van der Waals surface area contributed by atoms with Gasteiger partial charge in [-0.1, -0.05) is 6.08 Å². The number of rotatable bonds is 2. The van der Waals surface area contributed by atoms with Gasteiger partial charge in [0.1, 0.15) is 5.82 Å². The number of hydrogen-bond donors (Lipinski definition) is 2. The quantitative estimate of drug-likeness (QED) is 0.864. The summed E-state index contributed by atoms with van der Waals surface area (Å²) in [7, 11) is -3.77. The van der Waals surface area contributed by atoms with E-state index in [1.807, 2.05) is 5.32 Å². The van der Waals surface area contributed by atoms with Crippen molar-refractivity contribution in [3.05, 3.63) is 35.7 Å². The molecule has 1 aliphatic heterocycles. The van der Waals surface area contributed by atoms with E-state index in [2.05, 4.69) is 0 Å². The van der Waals surface area contributed by atoms with Crippen LogP contribution >= 0.6 is 0 Å². The molecule has 1 amide bonds. The minimum atomic E-state index is -3.77. The lowest BCUT2D eigenvalue weighted by Crippen LogP contribution is -2.22. The number of carbonyl (C=O) groups is 2. The number of anilines is 1. The van der Waals surface area contributed by atoms with Crippen LogP contribution in [0.4, 0.5) is 14.9 Å². The molecule has 0 aliphatic carbocycles. The Balaban J connectivity index is 2.33. The van der Waals surface area contributed by atoms with E-state index in [0.29, 0.717) is 0 Å². The van der Waals surface area contributed by atoms with Crippen LogP contribution in [0.2, 0.25) is 0 Å². The second-order valence-electron chi connectivity index (χ2n) is 4.18. The first-order chi connectivity index (χ1) is 9.29. The Kier molecular flexibility index (Phi) is 3.58. The van der Waals surface area contributed by atoms with E-state index >= 15 is 0 Å². The van der Waals surface area contributed by atoms with Gasteiger partial charge in [-0.05, 0) is 23.8 Å². The first-order valence-corrected chi connectivity index (χ1v) is 7.19. The number of allylic oxidation sites excluding steroid dienone is 1. The molecule has 2 rings (SSSR count). The van der Waals surface area contributed by atoms with Gasteiger partial charge in [0, 0.05) is 17.7 Å². The average Bonchev–Trinajstić information content (AvgIpc) is 2.32. The van der Waals surface area contributed by atoms with Crippen LogP contribution in [0.5, 0.6) is 0 Å². The normalized spacial score (nSPS) is 17.4. The third kappa shape index (κ3) is 2.85. The fourth-order valence-corrected chi connectivity index (χ4v) is 2.80. The fourth-order valence-electron chi connectivity index (χ4n) is 1.82. The van der Waals surface area contributed by atoms with Crippen molar-refractivity contribution in [2.45, 2.75) is 6.42 Å². The Morgan fingerprint density at radius 2 is 2.05 bits per heavy atom.